The fourth-order valence-electron chi connectivity index (χ4n) is 2.93. The van der Waals surface area contributed by atoms with Crippen molar-refractivity contribution in [3.63, 3.8) is 0 Å². The summed E-state index contributed by atoms with van der Waals surface area (Å²) in [4.78, 5) is 36.5. The van der Waals surface area contributed by atoms with E-state index in [1.807, 2.05) is 0 Å². The molecule has 0 aliphatic carbocycles. The van der Waals surface area contributed by atoms with Gasteiger partial charge in [0.15, 0.2) is 5.75 Å². The normalized spacial score (nSPS) is 12.6. The molecule has 0 radical (unpaired) electrons. The Hall–Kier alpha value is -3.29. The number of benzene rings is 2. The van der Waals surface area contributed by atoms with Crippen LogP contribution < -0.4 is 21.3 Å². The van der Waals surface area contributed by atoms with Crippen molar-refractivity contribution in [1.82, 2.24) is 9.88 Å². The molecule has 1 aromatic heterocycles. The molecule has 4 rings (SSSR count). The van der Waals surface area contributed by atoms with Gasteiger partial charge in [0.2, 0.25) is 0 Å². The lowest BCUT2D eigenvalue weighted by molar-refractivity contribution is 0.0880. The molecule has 1 aliphatic heterocycles. The van der Waals surface area contributed by atoms with Gasteiger partial charge < -0.3 is 10.5 Å². The molecule has 140 valence electrons. The van der Waals surface area contributed by atoms with E-state index in [4.69, 9.17) is 33.7 Å². The van der Waals surface area contributed by atoms with Crippen LogP contribution in [0.15, 0.2) is 53.3 Å². The van der Waals surface area contributed by atoms with Crippen LogP contribution in [0.4, 0.5) is 5.82 Å². The molecule has 3 aromatic rings. The number of carbonyl (C=O) groups is 2. The zero-order valence-electron chi connectivity index (χ0n) is 14.0. The van der Waals surface area contributed by atoms with Crippen LogP contribution >= 0.6 is 23.2 Å². The van der Waals surface area contributed by atoms with E-state index in [9.17, 15) is 14.4 Å². The predicted octanol–water partition coefficient (Wildman–Crippen LogP) is 3.40. The van der Waals surface area contributed by atoms with Gasteiger partial charge in [-0.15, -0.1) is 0 Å². The maximum Gasteiger partial charge on any atom is 0.262 e. The van der Waals surface area contributed by atoms with Crippen LogP contribution in [0.5, 0.6) is 11.5 Å². The van der Waals surface area contributed by atoms with Crippen LogP contribution in [0, 0.1) is 0 Å². The molecule has 0 bridgehead atoms. The number of nitrogens with two attached hydrogens (primary N) is 1. The van der Waals surface area contributed by atoms with Crippen LogP contribution in [-0.4, -0.2) is 16.4 Å². The number of amides is 2. The summed E-state index contributed by atoms with van der Waals surface area (Å²) in [5.74, 6) is -0.896. The molecule has 28 heavy (non-hydrogen) atoms. The summed E-state index contributed by atoms with van der Waals surface area (Å²) in [6, 6.07) is 12.4. The molecular formula is C19H11Cl2N3O4. The lowest BCUT2D eigenvalue weighted by Crippen LogP contribution is -2.24. The molecule has 7 nitrogen and oxygen atoms in total. The number of nitrogens with one attached hydrogen (secondary N) is 1. The first-order valence-corrected chi connectivity index (χ1v) is 8.76. The van der Waals surface area contributed by atoms with E-state index < -0.39 is 17.4 Å². The summed E-state index contributed by atoms with van der Waals surface area (Å²) in [5, 5.41) is 2.85. The zero-order chi connectivity index (χ0) is 20.0. The smallest absolute Gasteiger partial charge is 0.262 e. The minimum atomic E-state index is -0.662. The summed E-state index contributed by atoms with van der Waals surface area (Å²) >= 11 is 12.1. The van der Waals surface area contributed by atoms with Crippen molar-refractivity contribution in [1.29, 1.82) is 0 Å². The fraction of sp³-hybridized carbons (Fsp3) is 0. The third-order valence-electron chi connectivity index (χ3n) is 4.17. The number of carbonyl (C=O) groups excluding carboxylic acids is 2. The number of anilines is 1. The highest BCUT2D eigenvalue weighted by atomic mass is 35.5. The van der Waals surface area contributed by atoms with Gasteiger partial charge in [-0.3, -0.25) is 24.3 Å². The first-order chi connectivity index (χ1) is 13.4. The Morgan fingerprint density at radius 2 is 1.68 bits per heavy atom. The summed E-state index contributed by atoms with van der Waals surface area (Å²) in [5.41, 5.74) is 5.68. The number of nitrogens with zero attached hydrogens (tertiary/aromatic N) is 1. The number of nitrogen functional groups attached to an aromatic ring is 1. The number of rotatable bonds is 3. The molecule has 2 aromatic carbocycles. The maximum absolute atomic E-state index is 12.7. The number of hydrogen-bond acceptors (Lipinski definition) is 5. The van der Waals surface area contributed by atoms with Gasteiger partial charge in [-0.05, 0) is 30.3 Å². The number of halogens is 2. The van der Waals surface area contributed by atoms with Crippen molar-refractivity contribution < 1.29 is 14.3 Å². The molecule has 9 heteroatoms. The lowest BCUT2D eigenvalue weighted by atomic mass is 10.1. The van der Waals surface area contributed by atoms with Gasteiger partial charge in [0.1, 0.15) is 11.6 Å². The third kappa shape index (κ3) is 2.90. The van der Waals surface area contributed by atoms with Gasteiger partial charge in [0.05, 0.1) is 21.8 Å². The molecule has 2 amide bonds. The van der Waals surface area contributed by atoms with Crippen molar-refractivity contribution in [2.24, 2.45) is 0 Å². The highest BCUT2D eigenvalue weighted by Gasteiger charge is 2.32. The molecule has 2 heterocycles. The van der Waals surface area contributed by atoms with Crippen molar-refractivity contribution in [3.05, 3.63) is 80.1 Å². The van der Waals surface area contributed by atoms with E-state index >= 15 is 0 Å². The Morgan fingerprint density at radius 1 is 0.929 bits per heavy atom. The van der Waals surface area contributed by atoms with Crippen LogP contribution in [0.2, 0.25) is 10.0 Å². The monoisotopic (exact) mass is 415 g/mol. The summed E-state index contributed by atoms with van der Waals surface area (Å²) in [6.45, 7) is 0. The standard InChI is InChI=1S/C19H11Cl2N3O4/c20-9-5-6-13(11(21)7-9)28-14-4-2-1-3-12(14)24-15(25)8-10-16(17(24)22)19(27)23-18(10)26/h1-8H,22H2,(H,23,26,27). The second-order valence-electron chi connectivity index (χ2n) is 5.92. The fourth-order valence-corrected chi connectivity index (χ4v) is 3.38. The van der Waals surface area contributed by atoms with Crippen LogP contribution in [0.1, 0.15) is 20.7 Å². The number of imide groups is 1. The number of pyridine rings is 1. The van der Waals surface area contributed by atoms with Crippen LogP contribution in [-0.2, 0) is 0 Å². The average molecular weight is 416 g/mol. The van der Waals surface area contributed by atoms with Gasteiger partial charge in [0.25, 0.3) is 17.4 Å². The minimum Gasteiger partial charge on any atom is -0.454 e. The Bertz CT molecular complexity index is 1220. The van der Waals surface area contributed by atoms with E-state index in [-0.39, 0.29) is 33.4 Å². The predicted molar refractivity (Wildman–Crippen MR) is 105 cm³/mol. The van der Waals surface area contributed by atoms with Crippen molar-refractivity contribution >= 4 is 40.8 Å². The molecule has 0 fully saturated rings. The van der Waals surface area contributed by atoms with Gasteiger partial charge in [-0.25, -0.2) is 0 Å². The highest BCUT2D eigenvalue weighted by molar-refractivity contribution is 6.35. The average Bonchev–Trinajstić information content (AvgIpc) is 2.92. The minimum absolute atomic E-state index is 0.0519. The van der Waals surface area contributed by atoms with Gasteiger partial charge in [0, 0.05) is 11.1 Å². The maximum atomic E-state index is 12.7. The summed E-state index contributed by atoms with van der Waals surface area (Å²) in [7, 11) is 0. The summed E-state index contributed by atoms with van der Waals surface area (Å²) in [6.07, 6.45) is 0. The Balaban J connectivity index is 1.88. The summed E-state index contributed by atoms with van der Waals surface area (Å²) < 4.78 is 6.96. The Labute approximate surface area is 168 Å². The highest BCUT2D eigenvalue weighted by Crippen LogP contribution is 2.35. The van der Waals surface area contributed by atoms with E-state index in [1.54, 1.807) is 36.4 Å². The molecule has 3 N–H and O–H groups in total. The largest absolute Gasteiger partial charge is 0.454 e. The van der Waals surface area contributed by atoms with Crippen molar-refractivity contribution in [2.45, 2.75) is 0 Å². The van der Waals surface area contributed by atoms with E-state index in [0.29, 0.717) is 10.8 Å². The van der Waals surface area contributed by atoms with Gasteiger partial charge >= 0.3 is 0 Å². The van der Waals surface area contributed by atoms with Gasteiger partial charge in [-0.1, -0.05) is 35.3 Å². The number of ether oxygens (including phenoxy) is 1. The Kier molecular flexibility index (Phi) is 4.33. The van der Waals surface area contributed by atoms with E-state index in [0.717, 1.165) is 10.6 Å². The number of aromatic nitrogens is 1. The van der Waals surface area contributed by atoms with Crippen LogP contribution in [0.3, 0.4) is 0 Å². The lowest BCUT2D eigenvalue weighted by Gasteiger charge is -2.16. The molecule has 0 spiro atoms. The second kappa shape index (κ2) is 6.70. The van der Waals surface area contributed by atoms with Crippen molar-refractivity contribution in [2.75, 3.05) is 5.73 Å². The number of fused-ring (bicyclic) bond motifs is 1. The van der Waals surface area contributed by atoms with Crippen molar-refractivity contribution in [3.8, 4) is 17.2 Å². The first-order valence-electron chi connectivity index (χ1n) is 8.00. The third-order valence-corrected chi connectivity index (χ3v) is 4.70. The second-order valence-corrected chi connectivity index (χ2v) is 6.76. The topological polar surface area (TPSA) is 103 Å². The number of para-hydroxylation sites is 2. The molecule has 0 saturated carbocycles. The molecule has 0 unspecified atom stereocenters. The molecule has 1 aliphatic rings. The SMILES string of the molecule is Nc1c2c(cc(=O)n1-c1ccccc1Oc1ccc(Cl)cc1Cl)C(=O)NC2=O. The van der Waals surface area contributed by atoms with E-state index in [2.05, 4.69) is 5.32 Å². The first kappa shape index (κ1) is 18.1. The number of hydrogen-bond donors (Lipinski definition) is 2. The zero-order valence-corrected chi connectivity index (χ0v) is 15.5. The van der Waals surface area contributed by atoms with Gasteiger partial charge in [-0.2, -0.15) is 0 Å². The van der Waals surface area contributed by atoms with Crippen LogP contribution in [0.25, 0.3) is 5.69 Å². The molecular weight excluding hydrogens is 405 g/mol. The quantitative estimate of drug-likeness (QED) is 0.637. The molecule has 0 saturated heterocycles. The molecule has 0 atom stereocenters. The van der Waals surface area contributed by atoms with E-state index in [1.165, 1.54) is 6.07 Å². The Morgan fingerprint density at radius 3 is 2.43 bits per heavy atom.